The Morgan fingerprint density at radius 1 is 1.52 bits per heavy atom. The van der Waals surface area contributed by atoms with Crippen molar-refractivity contribution >= 4 is 28.3 Å². The van der Waals surface area contributed by atoms with Crippen LogP contribution in [0.4, 0.5) is 5.13 Å². The number of hydrogen-bond donors (Lipinski definition) is 2. The standard InChI is InChI=1S/C14H21N3O3S/c1-4-20-12(19)8-5-6-9-11(8)16-13(21-9)17-14(2,3)7-10(15)18/h8H,4-7H2,1-3H3,(H2,15,18)(H,16,17). The van der Waals surface area contributed by atoms with Crippen molar-refractivity contribution < 1.29 is 14.3 Å². The zero-order valence-electron chi connectivity index (χ0n) is 12.6. The van der Waals surface area contributed by atoms with Gasteiger partial charge in [0.25, 0.3) is 0 Å². The predicted octanol–water partition coefficient (Wildman–Crippen LogP) is 1.80. The summed E-state index contributed by atoms with van der Waals surface area (Å²) in [4.78, 5) is 28.6. The van der Waals surface area contributed by atoms with Crippen LogP contribution >= 0.6 is 11.3 Å². The van der Waals surface area contributed by atoms with Gasteiger partial charge in [-0.3, -0.25) is 9.59 Å². The zero-order chi connectivity index (χ0) is 15.6. The molecular formula is C14H21N3O3S. The molecule has 116 valence electrons. The van der Waals surface area contributed by atoms with Gasteiger partial charge in [-0.1, -0.05) is 0 Å². The number of aromatic nitrogens is 1. The number of fused-ring (bicyclic) bond motifs is 1. The minimum absolute atomic E-state index is 0.204. The second kappa shape index (κ2) is 6.01. The molecule has 0 saturated carbocycles. The van der Waals surface area contributed by atoms with E-state index in [9.17, 15) is 9.59 Å². The second-order valence-electron chi connectivity index (χ2n) is 5.82. The monoisotopic (exact) mass is 311 g/mol. The largest absolute Gasteiger partial charge is 0.465 e. The fourth-order valence-corrected chi connectivity index (χ4v) is 3.74. The average Bonchev–Trinajstić information content (AvgIpc) is 2.85. The fraction of sp³-hybridized carbons (Fsp3) is 0.643. The molecule has 1 heterocycles. The van der Waals surface area contributed by atoms with Gasteiger partial charge < -0.3 is 15.8 Å². The minimum Gasteiger partial charge on any atom is -0.465 e. The number of carbonyl (C=O) groups excluding carboxylic acids is 2. The molecule has 0 bridgehead atoms. The van der Waals surface area contributed by atoms with Crippen LogP contribution in [0.2, 0.25) is 0 Å². The number of nitrogens with two attached hydrogens (primary N) is 1. The molecule has 1 aromatic heterocycles. The first kappa shape index (κ1) is 15.8. The van der Waals surface area contributed by atoms with Crippen molar-refractivity contribution in [1.29, 1.82) is 0 Å². The molecule has 1 amide bonds. The van der Waals surface area contributed by atoms with Crippen LogP contribution in [0.5, 0.6) is 0 Å². The molecule has 0 spiro atoms. The van der Waals surface area contributed by atoms with E-state index in [2.05, 4.69) is 10.3 Å². The number of amides is 1. The molecule has 0 fully saturated rings. The smallest absolute Gasteiger partial charge is 0.315 e. The molecule has 7 heteroatoms. The summed E-state index contributed by atoms with van der Waals surface area (Å²) in [5, 5.41) is 3.95. The van der Waals surface area contributed by atoms with Gasteiger partial charge in [0.15, 0.2) is 5.13 Å². The molecule has 1 aliphatic rings. The second-order valence-corrected chi connectivity index (χ2v) is 6.91. The quantitative estimate of drug-likeness (QED) is 0.781. The van der Waals surface area contributed by atoms with Crippen molar-refractivity contribution in [2.45, 2.75) is 51.5 Å². The summed E-state index contributed by atoms with van der Waals surface area (Å²) in [6.45, 7) is 5.97. The average molecular weight is 311 g/mol. The molecular weight excluding hydrogens is 290 g/mol. The van der Waals surface area contributed by atoms with Crippen LogP contribution in [-0.2, 0) is 20.7 Å². The summed E-state index contributed by atoms with van der Waals surface area (Å²) >= 11 is 1.53. The van der Waals surface area contributed by atoms with Gasteiger partial charge in [-0.2, -0.15) is 0 Å². The molecule has 0 saturated heterocycles. The molecule has 1 atom stereocenters. The molecule has 3 N–H and O–H groups in total. The van der Waals surface area contributed by atoms with E-state index in [-0.39, 0.29) is 24.2 Å². The number of primary amides is 1. The van der Waals surface area contributed by atoms with E-state index in [1.165, 1.54) is 11.3 Å². The molecule has 6 nitrogen and oxygen atoms in total. The van der Waals surface area contributed by atoms with Crippen LogP contribution in [0.15, 0.2) is 0 Å². The first-order valence-corrected chi connectivity index (χ1v) is 7.87. The van der Waals surface area contributed by atoms with Crippen molar-refractivity contribution in [3.8, 4) is 0 Å². The van der Waals surface area contributed by atoms with E-state index in [1.807, 2.05) is 13.8 Å². The van der Waals surface area contributed by atoms with Crippen LogP contribution in [-0.4, -0.2) is 29.0 Å². The summed E-state index contributed by atoms with van der Waals surface area (Å²) in [5.41, 5.74) is 5.60. The van der Waals surface area contributed by atoms with Crippen molar-refractivity contribution in [3.63, 3.8) is 0 Å². The lowest BCUT2D eigenvalue weighted by Gasteiger charge is -2.24. The number of carbonyl (C=O) groups is 2. The number of aryl methyl sites for hydroxylation is 1. The molecule has 1 aromatic rings. The molecule has 2 rings (SSSR count). The summed E-state index contributed by atoms with van der Waals surface area (Å²) in [5.74, 6) is -0.823. The number of nitrogens with zero attached hydrogens (tertiary/aromatic N) is 1. The molecule has 0 radical (unpaired) electrons. The van der Waals surface area contributed by atoms with E-state index in [0.717, 1.165) is 28.5 Å². The maximum atomic E-state index is 11.9. The van der Waals surface area contributed by atoms with Gasteiger partial charge in [-0.05, 0) is 33.6 Å². The summed E-state index contributed by atoms with van der Waals surface area (Å²) in [6.07, 6.45) is 1.82. The Kier molecular flexibility index (Phi) is 4.51. The third kappa shape index (κ3) is 3.72. The Bertz CT molecular complexity index is 554. The highest BCUT2D eigenvalue weighted by atomic mass is 32.1. The maximum Gasteiger partial charge on any atom is 0.315 e. The van der Waals surface area contributed by atoms with E-state index in [4.69, 9.17) is 10.5 Å². The molecule has 1 unspecified atom stereocenters. The number of esters is 1. The van der Waals surface area contributed by atoms with E-state index in [0.29, 0.717) is 6.61 Å². The number of anilines is 1. The number of hydrogen-bond acceptors (Lipinski definition) is 6. The van der Waals surface area contributed by atoms with Crippen molar-refractivity contribution in [1.82, 2.24) is 4.98 Å². The van der Waals surface area contributed by atoms with Gasteiger partial charge in [0, 0.05) is 16.8 Å². The molecule has 0 aliphatic heterocycles. The highest BCUT2D eigenvalue weighted by Gasteiger charge is 2.34. The van der Waals surface area contributed by atoms with Crippen LogP contribution < -0.4 is 11.1 Å². The van der Waals surface area contributed by atoms with Crippen LogP contribution in [0.3, 0.4) is 0 Å². The van der Waals surface area contributed by atoms with Gasteiger partial charge >= 0.3 is 5.97 Å². The summed E-state index contributed by atoms with van der Waals surface area (Å²) < 4.78 is 5.09. The predicted molar refractivity (Wildman–Crippen MR) is 81.3 cm³/mol. The highest BCUT2D eigenvalue weighted by molar-refractivity contribution is 7.15. The van der Waals surface area contributed by atoms with Gasteiger partial charge in [-0.15, -0.1) is 11.3 Å². The minimum atomic E-state index is -0.461. The number of thiazole rings is 1. The normalized spacial score (nSPS) is 17.4. The molecule has 21 heavy (non-hydrogen) atoms. The Labute approximate surface area is 128 Å². The zero-order valence-corrected chi connectivity index (χ0v) is 13.4. The van der Waals surface area contributed by atoms with Crippen LogP contribution in [0, 0.1) is 0 Å². The third-order valence-corrected chi connectivity index (χ3v) is 4.40. The van der Waals surface area contributed by atoms with Gasteiger partial charge in [0.05, 0.1) is 12.3 Å². The first-order chi connectivity index (χ1) is 9.82. The Hall–Kier alpha value is -1.63. The summed E-state index contributed by atoms with van der Waals surface area (Å²) in [6, 6.07) is 0. The number of nitrogens with one attached hydrogen (secondary N) is 1. The van der Waals surface area contributed by atoms with Gasteiger partial charge in [0.2, 0.25) is 5.91 Å². The lowest BCUT2D eigenvalue weighted by atomic mass is 10.0. The van der Waals surface area contributed by atoms with Gasteiger partial charge in [-0.25, -0.2) is 4.98 Å². The van der Waals surface area contributed by atoms with Crippen LogP contribution in [0.1, 0.15) is 50.1 Å². The van der Waals surface area contributed by atoms with Gasteiger partial charge in [0.1, 0.15) is 5.92 Å². The number of ether oxygens (including phenoxy) is 1. The SMILES string of the molecule is CCOC(=O)C1CCc2sc(NC(C)(C)CC(N)=O)nc21. The fourth-order valence-electron chi connectivity index (χ4n) is 2.52. The topological polar surface area (TPSA) is 94.3 Å². The van der Waals surface area contributed by atoms with Crippen molar-refractivity contribution in [2.24, 2.45) is 5.73 Å². The Morgan fingerprint density at radius 2 is 2.24 bits per heavy atom. The highest BCUT2D eigenvalue weighted by Crippen LogP contribution is 2.39. The Morgan fingerprint density at radius 3 is 2.86 bits per heavy atom. The van der Waals surface area contributed by atoms with E-state index in [1.54, 1.807) is 6.92 Å². The third-order valence-electron chi connectivity index (χ3n) is 3.35. The Balaban J connectivity index is 2.11. The summed E-state index contributed by atoms with van der Waals surface area (Å²) in [7, 11) is 0. The van der Waals surface area contributed by atoms with E-state index < -0.39 is 5.54 Å². The van der Waals surface area contributed by atoms with Crippen molar-refractivity contribution in [3.05, 3.63) is 10.6 Å². The van der Waals surface area contributed by atoms with Crippen LogP contribution in [0.25, 0.3) is 0 Å². The van der Waals surface area contributed by atoms with E-state index >= 15 is 0 Å². The molecule has 1 aliphatic carbocycles. The lowest BCUT2D eigenvalue weighted by molar-refractivity contribution is -0.145. The maximum absolute atomic E-state index is 11.9. The van der Waals surface area contributed by atoms with Crippen molar-refractivity contribution in [2.75, 3.05) is 11.9 Å². The lowest BCUT2D eigenvalue weighted by Crippen LogP contribution is -2.36. The number of rotatable bonds is 6. The molecule has 0 aromatic carbocycles. The first-order valence-electron chi connectivity index (χ1n) is 7.05.